The zero-order valence-corrected chi connectivity index (χ0v) is 8.51. The number of hydrazine groups is 1. The Kier molecular flexibility index (Phi) is 4.67. The predicted molar refractivity (Wildman–Crippen MR) is 55.0 cm³/mol. The molecule has 0 radical (unpaired) electrons. The lowest BCUT2D eigenvalue weighted by atomic mass is 10.2. The Bertz CT molecular complexity index is 109. The van der Waals surface area contributed by atoms with Crippen LogP contribution >= 0.6 is 23.5 Å². The maximum absolute atomic E-state index is 5.30. The number of hydrogen-bond acceptors (Lipinski definition) is 4. The normalized spacial score (nSPS) is 32.2. The van der Waals surface area contributed by atoms with Gasteiger partial charge in [-0.15, -0.1) is 0 Å². The van der Waals surface area contributed by atoms with E-state index in [1.54, 1.807) is 0 Å². The van der Waals surface area contributed by atoms with Crippen molar-refractivity contribution in [1.82, 2.24) is 5.43 Å². The van der Waals surface area contributed by atoms with Gasteiger partial charge in [-0.2, -0.15) is 23.5 Å². The number of nitrogens with two attached hydrogens (primary N) is 1. The molecule has 0 amide bonds. The fraction of sp³-hybridized carbons (Fsp3) is 1.00. The second-order valence-electron chi connectivity index (χ2n) is 2.63. The first kappa shape index (κ1) is 9.71. The van der Waals surface area contributed by atoms with Crippen LogP contribution in [0, 0.1) is 0 Å². The number of rotatable bonds is 3. The molecule has 1 fully saturated rings. The Hall–Kier alpha value is 0.620. The third-order valence-corrected chi connectivity index (χ3v) is 5.21. The molecule has 1 aliphatic rings. The molecule has 1 heterocycles. The minimum absolute atomic E-state index is 0.726. The van der Waals surface area contributed by atoms with Crippen LogP contribution in [0.1, 0.15) is 13.3 Å². The first-order valence-corrected chi connectivity index (χ1v) is 6.15. The summed E-state index contributed by atoms with van der Waals surface area (Å²) < 4.78 is 0. The Morgan fingerprint density at radius 3 is 2.55 bits per heavy atom. The van der Waals surface area contributed by atoms with Crippen LogP contribution in [0.25, 0.3) is 0 Å². The molecule has 0 spiro atoms. The van der Waals surface area contributed by atoms with Gasteiger partial charge in [0.25, 0.3) is 0 Å². The largest absolute Gasteiger partial charge is 0.271 e. The zero-order valence-electron chi connectivity index (χ0n) is 6.88. The summed E-state index contributed by atoms with van der Waals surface area (Å²) in [6.07, 6.45) is 1.27. The maximum atomic E-state index is 5.30. The lowest BCUT2D eigenvalue weighted by Crippen LogP contribution is -2.38. The highest BCUT2D eigenvalue weighted by atomic mass is 32.2. The van der Waals surface area contributed by atoms with Crippen molar-refractivity contribution in [2.45, 2.75) is 23.8 Å². The van der Waals surface area contributed by atoms with E-state index >= 15 is 0 Å². The highest BCUT2D eigenvalue weighted by Gasteiger charge is 2.23. The van der Waals surface area contributed by atoms with Crippen LogP contribution in [0.2, 0.25) is 0 Å². The Labute approximate surface area is 77.0 Å². The van der Waals surface area contributed by atoms with Crippen molar-refractivity contribution in [2.24, 2.45) is 5.84 Å². The summed E-state index contributed by atoms with van der Waals surface area (Å²) in [6.45, 7) is 3.21. The van der Waals surface area contributed by atoms with E-state index in [0.717, 1.165) is 17.0 Å². The van der Waals surface area contributed by atoms with Gasteiger partial charge in [-0.3, -0.25) is 11.3 Å². The molecule has 1 aliphatic heterocycles. The van der Waals surface area contributed by atoms with Gasteiger partial charge >= 0.3 is 0 Å². The van der Waals surface area contributed by atoms with Crippen molar-refractivity contribution in [1.29, 1.82) is 0 Å². The van der Waals surface area contributed by atoms with E-state index in [0.29, 0.717) is 0 Å². The van der Waals surface area contributed by atoms with Crippen molar-refractivity contribution < 1.29 is 0 Å². The van der Waals surface area contributed by atoms with E-state index < -0.39 is 0 Å². The summed E-state index contributed by atoms with van der Waals surface area (Å²) in [4.78, 5) is 0. The molecule has 0 aromatic rings. The first-order chi connectivity index (χ1) is 5.38. The molecule has 0 aromatic carbocycles. The number of hydrogen-bond donors (Lipinski definition) is 2. The predicted octanol–water partition coefficient (Wildman–Crippen LogP) is 1.08. The molecule has 2 unspecified atom stereocenters. The first-order valence-electron chi connectivity index (χ1n) is 4.05. The van der Waals surface area contributed by atoms with Crippen molar-refractivity contribution in [3.05, 3.63) is 0 Å². The quantitative estimate of drug-likeness (QED) is 0.518. The molecule has 1 rings (SSSR count). The molecule has 11 heavy (non-hydrogen) atoms. The van der Waals surface area contributed by atoms with Crippen molar-refractivity contribution in [2.75, 3.05) is 18.1 Å². The summed E-state index contributed by atoms with van der Waals surface area (Å²) in [7, 11) is 0. The van der Waals surface area contributed by atoms with Crippen LogP contribution in [0.15, 0.2) is 0 Å². The summed E-state index contributed by atoms with van der Waals surface area (Å²) >= 11 is 4.15. The van der Waals surface area contributed by atoms with E-state index in [2.05, 4.69) is 35.9 Å². The number of thioether (sulfide) groups is 2. The SMILES string of the molecule is CCC1SCCSC1CNN. The van der Waals surface area contributed by atoms with Gasteiger partial charge in [0, 0.05) is 28.6 Å². The molecular weight excluding hydrogens is 176 g/mol. The van der Waals surface area contributed by atoms with Crippen molar-refractivity contribution in [3.8, 4) is 0 Å². The van der Waals surface area contributed by atoms with Crippen molar-refractivity contribution >= 4 is 23.5 Å². The molecule has 2 nitrogen and oxygen atoms in total. The Morgan fingerprint density at radius 1 is 1.36 bits per heavy atom. The molecule has 3 N–H and O–H groups in total. The molecule has 2 atom stereocenters. The third-order valence-electron chi connectivity index (χ3n) is 1.88. The van der Waals surface area contributed by atoms with E-state index in [-0.39, 0.29) is 0 Å². The van der Waals surface area contributed by atoms with Gasteiger partial charge in [-0.1, -0.05) is 6.92 Å². The lowest BCUT2D eigenvalue weighted by Gasteiger charge is -2.29. The van der Waals surface area contributed by atoms with Crippen LogP contribution in [0.4, 0.5) is 0 Å². The summed E-state index contributed by atoms with van der Waals surface area (Å²) in [5.74, 6) is 7.90. The smallest absolute Gasteiger partial charge is 0.0305 e. The average Bonchev–Trinajstić information content (AvgIpc) is 2.06. The fourth-order valence-corrected chi connectivity index (χ4v) is 4.32. The summed E-state index contributed by atoms with van der Waals surface area (Å²) in [5.41, 5.74) is 2.77. The molecule has 1 saturated heterocycles. The van der Waals surface area contributed by atoms with E-state index in [1.807, 2.05) is 0 Å². The van der Waals surface area contributed by atoms with Gasteiger partial charge in [0.05, 0.1) is 0 Å². The number of nitrogens with one attached hydrogen (secondary N) is 1. The van der Waals surface area contributed by atoms with E-state index in [1.165, 1.54) is 17.9 Å². The molecule has 66 valence electrons. The molecule has 0 aliphatic carbocycles. The molecule has 0 bridgehead atoms. The second kappa shape index (κ2) is 5.30. The van der Waals surface area contributed by atoms with Crippen LogP contribution in [0.5, 0.6) is 0 Å². The fourth-order valence-electron chi connectivity index (χ4n) is 1.30. The summed E-state index contributed by atoms with van der Waals surface area (Å²) in [5, 5.41) is 1.54. The highest BCUT2D eigenvalue weighted by Crippen LogP contribution is 2.32. The minimum Gasteiger partial charge on any atom is -0.271 e. The Morgan fingerprint density at radius 2 is 2.00 bits per heavy atom. The van der Waals surface area contributed by atoms with Gasteiger partial charge in [0.2, 0.25) is 0 Å². The molecular formula is C7H16N2S2. The highest BCUT2D eigenvalue weighted by molar-refractivity contribution is 8.07. The molecule has 4 heteroatoms. The molecule has 0 saturated carbocycles. The van der Waals surface area contributed by atoms with Crippen LogP contribution in [-0.4, -0.2) is 28.6 Å². The van der Waals surface area contributed by atoms with Crippen molar-refractivity contribution in [3.63, 3.8) is 0 Å². The topological polar surface area (TPSA) is 38.0 Å². The Balaban J connectivity index is 2.31. The standard InChI is InChI=1S/C7H16N2S2/c1-2-6-7(5-9-8)11-4-3-10-6/h6-7,9H,2-5,8H2,1H3. The van der Waals surface area contributed by atoms with Gasteiger partial charge in [-0.05, 0) is 6.42 Å². The monoisotopic (exact) mass is 192 g/mol. The second-order valence-corrected chi connectivity index (χ2v) is 5.33. The van der Waals surface area contributed by atoms with Crippen LogP contribution in [-0.2, 0) is 0 Å². The van der Waals surface area contributed by atoms with Crippen LogP contribution in [0.3, 0.4) is 0 Å². The van der Waals surface area contributed by atoms with Gasteiger partial charge < -0.3 is 0 Å². The van der Waals surface area contributed by atoms with E-state index in [9.17, 15) is 0 Å². The van der Waals surface area contributed by atoms with Gasteiger partial charge in [0.1, 0.15) is 0 Å². The third kappa shape index (κ3) is 2.86. The zero-order chi connectivity index (χ0) is 8.10. The lowest BCUT2D eigenvalue weighted by molar-refractivity contribution is 0.659. The van der Waals surface area contributed by atoms with E-state index in [4.69, 9.17) is 5.84 Å². The van der Waals surface area contributed by atoms with Gasteiger partial charge in [0.15, 0.2) is 0 Å². The maximum Gasteiger partial charge on any atom is 0.0305 e. The van der Waals surface area contributed by atoms with Crippen LogP contribution < -0.4 is 11.3 Å². The average molecular weight is 192 g/mol. The summed E-state index contributed by atoms with van der Waals surface area (Å²) in [6, 6.07) is 0. The minimum atomic E-state index is 0.726. The van der Waals surface area contributed by atoms with Gasteiger partial charge in [-0.25, -0.2) is 0 Å². The molecule has 0 aromatic heterocycles.